The highest BCUT2D eigenvalue weighted by molar-refractivity contribution is 6.31. The van der Waals surface area contributed by atoms with Gasteiger partial charge in [-0.15, -0.1) is 0 Å². The molecule has 17 heavy (non-hydrogen) atoms. The van der Waals surface area contributed by atoms with Crippen molar-refractivity contribution in [1.29, 1.82) is 0 Å². The molecule has 0 unspecified atom stereocenters. The molecular formula is C13H20ClN3. The summed E-state index contributed by atoms with van der Waals surface area (Å²) in [6.07, 6.45) is 5.46. The minimum atomic E-state index is 0.681. The maximum atomic E-state index is 6.15. The maximum absolute atomic E-state index is 6.15. The van der Waals surface area contributed by atoms with Gasteiger partial charge in [0.05, 0.1) is 5.02 Å². The number of hydrogen-bond acceptors (Lipinski definition) is 3. The van der Waals surface area contributed by atoms with E-state index in [-0.39, 0.29) is 0 Å². The SMILES string of the molecule is CCCNCc1cc(N(C)C2CC2)ncc1Cl. The number of halogens is 1. The van der Waals surface area contributed by atoms with Crippen molar-refractivity contribution in [2.24, 2.45) is 0 Å². The van der Waals surface area contributed by atoms with Gasteiger partial charge in [-0.25, -0.2) is 4.98 Å². The van der Waals surface area contributed by atoms with E-state index in [0.29, 0.717) is 6.04 Å². The van der Waals surface area contributed by atoms with E-state index in [2.05, 4.69) is 35.2 Å². The molecule has 0 aromatic carbocycles. The summed E-state index contributed by atoms with van der Waals surface area (Å²) in [5, 5.41) is 4.12. The summed E-state index contributed by atoms with van der Waals surface area (Å²) in [5.74, 6) is 1.03. The van der Waals surface area contributed by atoms with Gasteiger partial charge in [0.25, 0.3) is 0 Å². The first kappa shape index (κ1) is 12.7. The largest absolute Gasteiger partial charge is 0.357 e. The second-order valence-corrected chi connectivity index (χ2v) is 5.06. The molecule has 0 radical (unpaired) electrons. The molecule has 1 aromatic heterocycles. The van der Waals surface area contributed by atoms with Crippen LogP contribution in [0.25, 0.3) is 0 Å². The van der Waals surface area contributed by atoms with Gasteiger partial charge in [0.15, 0.2) is 0 Å². The fourth-order valence-electron chi connectivity index (χ4n) is 1.84. The number of aromatic nitrogens is 1. The van der Waals surface area contributed by atoms with Crippen LogP contribution in [-0.2, 0) is 6.54 Å². The average molecular weight is 254 g/mol. The normalized spacial score (nSPS) is 15.0. The summed E-state index contributed by atoms with van der Waals surface area (Å²) in [4.78, 5) is 6.64. The van der Waals surface area contributed by atoms with Crippen molar-refractivity contribution in [1.82, 2.24) is 10.3 Å². The Hall–Kier alpha value is -0.800. The molecule has 1 heterocycles. The van der Waals surface area contributed by atoms with Crippen LogP contribution in [0.4, 0.5) is 5.82 Å². The summed E-state index contributed by atoms with van der Waals surface area (Å²) < 4.78 is 0. The fraction of sp³-hybridized carbons (Fsp3) is 0.615. The Bertz CT molecular complexity index is 377. The van der Waals surface area contributed by atoms with Crippen LogP contribution >= 0.6 is 11.6 Å². The third kappa shape index (κ3) is 3.33. The van der Waals surface area contributed by atoms with Crippen molar-refractivity contribution in [2.75, 3.05) is 18.5 Å². The highest BCUT2D eigenvalue weighted by atomic mass is 35.5. The molecule has 0 bridgehead atoms. The van der Waals surface area contributed by atoms with Crippen LogP contribution in [0, 0.1) is 0 Å². The van der Waals surface area contributed by atoms with Gasteiger partial charge in [0.1, 0.15) is 5.82 Å². The van der Waals surface area contributed by atoms with E-state index in [1.54, 1.807) is 6.20 Å². The van der Waals surface area contributed by atoms with Gasteiger partial charge in [0.2, 0.25) is 0 Å². The Labute approximate surface area is 108 Å². The molecular weight excluding hydrogens is 234 g/mol. The molecule has 0 amide bonds. The van der Waals surface area contributed by atoms with Crippen LogP contribution in [0.2, 0.25) is 5.02 Å². The highest BCUT2D eigenvalue weighted by Gasteiger charge is 2.27. The molecule has 0 spiro atoms. The lowest BCUT2D eigenvalue weighted by Crippen LogP contribution is -2.21. The molecule has 1 N–H and O–H groups in total. The molecule has 1 fully saturated rings. The molecule has 0 atom stereocenters. The minimum Gasteiger partial charge on any atom is -0.357 e. The summed E-state index contributed by atoms with van der Waals surface area (Å²) in [5.41, 5.74) is 1.14. The quantitative estimate of drug-likeness (QED) is 0.791. The highest BCUT2D eigenvalue weighted by Crippen LogP contribution is 2.30. The van der Waals surface area contributed by atoms with E-state index >= 15 is 0 Å². The van der Waals surface area contributed by atoms with E-state index in [4.69, 9.17) is 11.6 Å². The maximum Gasteiger partial charge on any atom is 0.128 e. The molecule has 94 valence electrons. The monoisotopic (exact) mass is 253 g/mol. The molecule has 1 saturated carbocycles. The van der Waals surface area contributed by atoms with E-state index < -0.39 is 0 Å². The number of nitrogens with zero attached hydrogens (tertiary/aromatic N) is 2. The van der Waals surface area contributed by atoms with Gasteiger partial charge in [-0.2, -0.15) is 0 Å². The second-order valence-electron chi connectivity index (χ2n) is 4.65. The smallest absolute Gasteiger partial charge is 0.128 e. The second kappa shape index (κ2) is 5.69. The van der Waals surface area contributed by atoms with Crippen LogP contribution in [0.1, 0.15) is 31.7 Å². The lowest BCUT2D eigenvalue weighted by atomic mass is 10.2. The molecule has 4 heteroatoms. The lowest BCUT2D eigenvalue weighted by Gasteiger charge is -2.18. The number of rotatable bonds is 6. The first-order chi connectivity index (χ1) is 8.22. The summed E-state index contributed by atoms with van der Waals surface area (Å²) in [6.45, 7) is 4.00. The first-order valence-corrected chi connectivity index (χ1v) is 6.68. The van der Waals surface area contributed by atoms with Crippen LogP contribution in [0.15, 0.2) is 12.3 Å². The molecule has 2 rings (SSSR count). The summed E-state index contributed by atoms with van der Waals surface area (Å²) >= 11 is 6.15. The van der Waals surface area contributed by atoms with Gasteiger partial charge in [-0.05, 0) is 37.4 Å². The van der Waals surface area contributed by atoms with E-state index in [1.807, 2.05) is 0 Å². The molecule has 3 nitrogen and oxygen atoms in total. The third-order valence-electron chi connectivity index (χ3n) is 3.12. The lowest BCUT2D eigenvalue weighted by molar-refractivity contribution is 0.674. The third-order valence-corrected chi connectivity index (χ3v) is 3.46. The van der Waals surface area contributed by atoms with Crippen molar-refractivity contribution in [3.05, 3.63) is 22.8 Å². The number of nitrogens with one attached hydrogen (secondary N) is 1. The Morgan fingerprint density at radius 2 is 2.29 bits per heavy atom. The zero-order valence-corrected chi connectivity index (χ0v) is 11.3. The molecule has 1 aromatic rings. The Morgan fingerprint density at radius 3 is 2.94 bits per heavy atom. The number of pyridine rings is 1. The van der Waals surface area contributed by atoms with E-state index in [0.717, 1.165) is 35.9 Å². The topological polar surface area (TPSA) is 28.2 Å². The average Bonchev–Trinajstić information content (AvgIpc) is 3.15. The van der Waals surface area contributed by atoms with Crippen LogP contribution in [0.3, 0.4) is 0 Å². The van der Waals surface area contributed by atoms with Crippen molar-refractivity contribution in [3.63, 3.8) is 0 Å². The predicted octanol–water partition coefficient (Wildman–Crippen LogP) is 2.83. The van der Waals surface area contributed by atoms with Crippen LogP contribution in [0.5, 0.6) is 0 Å². The van der Waals surface area contributed by atoms with Gasteiger partial charge in [-0.3, -0.25) is 0 Å². The minimum absolute atomic E-state index is 0.681. The van der Waals surface area contributed by atoms with Crippen molar-refractivity contribution in [2.45, 2.75) is 38.8 Å². The Kier molecular flexibility index (Phi) is 4.24. The number of hydrogen-bond donors (Lipinski definition) is 1. The predicted molar refractivity (Wildman–Crippen MR) is 72.7 cm³/mol. The molecule has 0 aliphatic heterocycles. The van der Waals surface area contributed by atoms with Gasteiger partial charge in [-0.1, -0.05) is 18.5 Å². The standard InChI is InChI=1S/C13H20ClN3/c1-3-6-15-8-10-7-13(16-9-12(10)14)17(2)11-4-5-11/h7,9,11,15H,3-6,8H2,1-2H3. The van der Waals surface area contributed by atoms with Gasteiger partial charge >= 0.3 is 0 Å². The van der Waals surface area contributed by atoms with Gasteiger partial charge < -0.3 is 10.2 Å². The van der Waals surface area contributed by atoms with Gasteiger partial charge in [0, 0.05) is 25.8 Å². The van der Waals surface area contributed by atoms with E-state index in [1.165, 1.54) is 12.8 Å². The van der Waals surface area contributed by atoms with Crippen LogP contribution < -0.4 is 10.2 Å². The zero-order valence-electron chi connectivity index (χ0n) is 10.5. The zero-order chi connectivity index (χ0) is 12.3. The molecule has 1 aliphatic rings. The fourth-order valence-corrected chi connectivity index (χ4v) is 2.02. The summed E-state index contributed by atoms with van der Waals surface area (Å²) in [6, 6.07) is 2.78. The molecule has 1 aliphatic carbocycles. The Morgan fingerprint density at radius 1 is 1.53 bits per heavy atom. The first-order valence-electron chi connectivity index (χ1n) is 6.30. The van der Waals surface area contributed by atoms with Crippen molar-refractivity contribution >= 4 is 17.4 Å². The Balaban J connectivity index is 2.05. The van der Waals surface area contributed by atoms with E-state index in [9.17, 15) is 0 Å². The molecule has 0 saturated heterocycles. The number of anilines is 1. The van der Waals surface area contributed by atoms with Crippen molar-refractivity contribution < 1.29 is 0 Å². The summed E-state index contributed by atoms with van der Waals surface area (Å²) in [7, 11) is 2.11. The van der Waals surface area contributed by atoms with Crippen molar-refractivity contribution in [3.8, 4) is 0 Å². The van der Waals surface area contributed by atoms with Crippen LogP contribution in [-0.4, -0.2) is 24.6 Å².